The average Bonchev–Trinajstić information content (AvgIpc) is 2.86. The number of sulfone groups is 1. The van der Waals surface area contributed by atoms with Gasteiger partial charge in [-0.05, 0) is 44.5 Å². The topological polar surface area (TPSA) is 71.9 Å². The summed E-state index contributed by atoms with van der Waals surface area (Å²) in [5.74, 6) is 0.210. The van der Waals surface area contributed by atoms with Crippen LogP contribution in [0.5, 0.6) is 0 Å². The van der Waals surface area contributed by atoms with E-state index in [1.54, 1.807) is 0 Å². The maximum absolute atomic E-state index is 12.7. The van der Waals surface area contributed by atoms with E-state index in [0.717, 1.165) is 15.3 Å². The molecular weight excluding hydrogens is 328 g/mol. The summed E-state index contributed by atoms with van der Waals surface area (Å²) in [6.45, 7) is 4.02. The number of nitrogens with zero attached hydrogens (tertiary/aromatic N) is 1. The third kappa shape index (κ3) is 2.39. The summed E-state index contributed by atoms with van der Waals surface area (Å²) < 4.78 is 25.6. The lowest BCUT2D eigenvalue weighted by molar-refractivity contribution is 0.556. The van der Waals surface area contributed by atoms with E-state index >= 15 is 0 Å². The molecular formula is C13H16N2O3S3. The predicted octanol–water partition coefficient (Wildman–Crippen LogP) is 2.31. The van der Waals surface area contributed by atoms with Crippen molar-refractivity contribution in [1.82, 2.24) is 9.55 Å². The van der Waals surface area contributed by atoms with Crippen LogP contribution in [-0.2, 0) is 16.4 Å². The number of fused-ring (bicyclic) bond motifs is 1. The second kappa shape index (κ2) is 5.03. The molecule has 1 saturated heterocycles. The number of nitrogens with one attached hydrogen (secondary N) is 1. The summed E-state index contributed by atoms with van der Waals surface area (Å²) in [5.41, 5.74) is 0.756. The molecule has 1 atom stereocenters. The largest absolute Gasteiger partial charge is 0.323 e. The molecule has 3 heterocycles. The Morgan fingerprint density at radius 2 is 2.14 bits per heavy atom. The quantitative estimate of drug-likeness (QED) is 0.849. The van der Waals surface area contributed by atoms with Crippen LogP contribution in [0, 0.1) is 18.6 Å². The molecule has 0 saturated carbocycles. The third-order valence-electron chi connectivity index (χ3n) is 4.16. The van der Waals surface area contributed by atoms with Gasteiger partial charge in [-0.2, -0.15) is 0 Å². The van der Waals surface area contributed by atoms with Crippen molar-refractivity contribution in [1.29, 1.82) is 0 Å². The van der Waals surface area contributed by atoms with Gasteiger partial charge in [-0.1, -0.05) is 0 Å². The predicted molar refractivity (Wildman–Crippen MR) is 87.6 cm³/mol. The van der Waals surface area contributed by atoms with Crippen LogP contribution in [0.1, 0.15) is 23.3 Å². The number of hydrogen-bond donors (Lipinski definition) is 1. The van der Waals surface area contributed by atoms with Gasteiger partial charge in [0.2, 0.25) is 0 Å². The maximum atomic E-state index is 12.7. The van der Waals surface area contributed by atoms with Crippen LogP contribution >= 0.6 is 23.6 Å². The number of rotatable bonds is 2. The summed E-state index contributed by atoms with van der Waals surface area (Å²) in [4.78, 5) is 17.6. The third-order valence-corrected chi connectivity index (χ3v) is 7.86. The zero-order chi connectivity index (χ0) is 15.4. The minimum atomic E-state index is -3.09. The smallest absolute Gasteiger partial charge is 0.263 e. The van der Waals surface area contributed by atoms with Gasteiger partial charge in [0.1, 0.15) is 4.83 Å². The van der Waals surface area contributed by atoms with Crippen molar-refractivity contribution < 1.29 is 8.42 Å². The Labute approximate surface area is 131 Å². The molecule has 0 radical (unpaired) electrons. The van der Waals surface area contributed by atoms with E-state index in [4.69, 9.17) is 12.2 Å². The highest BCUT2D eigenvalue weighted by Gasteiger charge is 2.32. The molecule has 8 heteroatoms. The molecule has 1 fully saturated rings. The van der Waals surface area contributed by atoms with Crippen molar-refractivity contribution in [3.8, 4) is 0 Å². The monoisotopic (exact) mass is 344 g/mol. The lowest BCUT2D eigenvalue weighted by Gasteiger charge is -2.12. The molecule has 0 aliphatic carbocycles. The molecule has 1 aliphatic heterocycles. The Morgan fingerprint density at radius 3 is 2.76 bits per heavy atom. The van der Waals surface area contributed by atoms with E-state index in [-0.39, 0.29) is 17.9 Å². The van der Waals surface area contributed by atoms with Crippen molar-refractivity contribution in [3.63, 3.8) is 0 Å². The first kappa shape index (κ1) is 14.9. The Balaban J connectivity index is 2.17. The number of hydrogen-bond acceptors (Lipinski definition) is 5. The van der Waals surface area contributed by atoms with Gasteiger partial charge in [-0.3, -0.25) is 9.36 Å². The molecule has 0 aromatic carbocycles. The second-order valence-corrected chi connectivity index (χ2v) is 9.48. The van der Waals surface area contributed by atoms with Crippen LogP contribution in [0.2, 0.25) is 0 Å². The van der Waals surface area contributed by atoms with Gasteiger partial charge in [0.15, 0.2) is 14.6 Å². The van der Waals surface area contributed by atoms with Crippen LogP contribution in [0.25, 0.3) is 10.2 Å². The van der Waals surface area contributed by atoms with Crippen molar-refractivity contribution >= 4 is 43.6 Å². The van der Waals surface area contributed by atoms with Gasteiger partial charge in [-0.25, -0.2) is 8.42 Å². The van der Waals surface area contributed by atoms with E-state index < -0.39 is 15.1 Å². The van der Waals surface area contributed by atoms with Gasteiger partial charge < -0.3 is 4.98 Å². The Bertz CT molecular complexity index is 934. The summed E-state index contributed by atoms with van der Waals surface area (Å²) in [6.07, 6.45) is 1.26. The van der Waals surface area contributed by atoms with E-state index in [9.17, 15) is 13.2 Å². The number of H-pyrrole nitrogens is 1. The molecule has 1 aliphatic rings. The highest BCUT2D eigenvalue weighted by atomic mass is 32.2. The number of aryl methyl sites for hydroxylation is 2. The molecule has 21 heavy (non-hydrogen) atoms. The summed E-state index contributed by atoms with van der Waals surface area (Å²) >= 11 is 6.75. The van der Waals surface area contributed by atoms with Crippen LogP contribution in [-0.4, -0.2) is 29.0 Å². The van der Waals surface area contributed by atoms with E-state index in [1.807, 2.05) is 13.8 Å². The molecule has 2 aromatic heterocycles. The van der Waals surface area contributed by atoms with Gasteiger partial charge >= 0.3 is 0 Å². The molecule has 5 nitrogen and oxygen atoms in total. The molecule has 0 spiro atoms. The zero-order valence-electron chi connectivity index (χ0n) is 11.8. The average molecular weight is 344 g/mol. The van der Waals surface area contributed by atoms with E-state index in [1.165, 1.54) is 15.9 Å². The van der Waals surface area contributed by atoms with Gasteiger partial charge in [-0.15, -0.1) is 11.3 Å². The molecule has 3 rings (SSSR count). The molecule has 114 valence electrons. The fourth-order valence-corrected chi connectivity index (χ4v) is 5.98. The molecule has 2 aromatic rings. The molecule has 1 N–H and O–H groups in total. The Hall–Kier alpha value is -0.990. The number of thiophene rings is 1. The standard InChI is InChI=1S/C13H16N2O3S3/c1-7-8(2)20-11-10(7)12(16)15(13(19)14-11)6-9-4-3-5-21(9,17)18/h9H,3-6H2,1-2H3,(H,14,19). The first-order chi connectivity index (χ1) is 9.81. The van der Waals surface area contributed by atoms with Crippen LogP contribution in [0.4, 0.5) is 0 Å². The summed E-state index contributed by atoms with van der Waals surface area (Å²) in [5, 5.41) is 0.129. The van der Waals surface area contributed by atoms with Crippen molar-refractivity contribution in [2.45, 2.75) is 38.5 Å². The lowest BCUT2D eigenvalue weighted by atomic mass is 10.2. The van der Waals surface area contributed by atoms with Gasteiger partial charge in [0.25, 0.3) is 5.56 Å². The second-order valence-electron chi connectivity index (χ2n) is 5.46. The summed E-state index contributed by atoms with van der Waals surface area (Å²) in [6, 6.07) is 0. The van der Waals surface area contributed by atoms with Crippen molar-refractivity contribution in [3.05, 3.63) is 25.6 Å². The normalized spacial score (nSPS) is 21.1. The van der Waals surface area contributed by atoms with Crippen LogP contribution in [0.3, 0.4) is 0 Å². The maximum Gasteiger partial charge on any atom is 0.263 e. The van der Waals surface area contributed by atoms with Gasteiger partial charge in [0.05, 0.1) is 16.4 Å². The van der Waals surface area contributed by atoms with Crippen LogP contribution < -0.4 is 5.56 Å². The Morgan fingerprint density at radius 1 is 1.43 bits per heavy atom. The molecule has 1 unspecified atom stereocenters. The van der Waals surface area contributed by atoms with Crippen LogP contribution in [0.15, 0.2) is 4.79 Å². The minimum Gasteiger partial charge on any atom is -0.323 e. The highest BCUT2D eigenvalue weighted by Crippen LogP contribution is 2.26. The molecule has 0 amide bonds. The lowest BCUT2D eigenvalue weighted by Crippen LogP contribution is -2.30. The molecule has 0 bridgehead atoms. The fraction of sp³-hybridized carbons (Fsp3) is 0.538. The number of aromatic nitrogens is 2. The first-order valence-electron chi connectivity index (χ1n) is 6.75. The van der Waals surface area contributed by atoms with E-state index in [0.29, 0.717) is 23.0 Å². The van der Waals surface area contributed by atoms with Crippen molar-refractivity contribution in [2.24, 2.45) is 0 Å². The minimum absolute atomic E-state index is 0.154. The van der Waals surface area contributed by atoms with E-state index in [2.05, 4.69) is 4.98 Å². The SMILES string of the molecule is Cc1sc2[nH]c(=S)n(CC3CCCS3(=O)=O)c(=O)c2c1C. The highest BCUT2D eigenvalue weighted by molar-refractivity contribution is 7.92. The summed E-state index contributed by atoms with van der Waals surface area (Å²) in [7, 11) is -3.09. The first-order valence-corrected chi connectivity index (χ1v) is 9.69. The van der Waals surface area contributed by atoms with Gasteiger partial charge in [0, 0.05) is 11.4 Å². The van der Waals surface area contributed by atoms with Crippen molar-refractivity contribution in [2.75, 3.05) is 5.75 Å². The number of aromatic amines is 1. The Kier molecular flexibility index (Phi) is 3.58. The zero-order valence-corrected chi connectivity index (χ0v) is 14.3. The fourth-order valence-electron chi connectivity index (χ4n) is 2.80.